The smallest absolute Gasteiger partial charge is 0.338 e. The minimum Gasteiger partial charge on any atom is -0.478 e. The van der Waals surface area contributed by atoms with Gasteiger partial charge in [-0.3, -0.25) is 0 Å². The fourth-order valence-corrected chi connectivity index (χ4v) is 2.70. The van der Waals surface area contributed by atoms with E-state index in [1.54, 1.807) is 4.90 Å². The van der Waals surface area contributed by atoms with Crippen LogP contribution in [0.15, 0.2) is 18.2 Å². The highest BCUT2D eigenvalue weighted by molar-refractivity contribution is 5.92. The van der Waals surface area contributed by atoms with Crippen LogP contribution < -0.4 is 5.32 Å². The lowest BCUT2D eigenvalue weighted by atomic mass is 10.0. The molecule has 2 rings (SSSR count). The van der Waals surface area contributed by atoms with Gasteiger partial charge in [0.15, 0.2) is 0 Å². The first kappa shape index (κ1) is 15.3. The summed E-state index contributed by atoms with van der Waals surface area (Å²) >= 11 is 0. The van der Waals surface area contributed by atoms with Crippen molar-refractivity contribution in [2.75, 3.05) is 11.9 Å². The fourth-order valence-electron chi connectivity index (χ4n) is 2.70. The summed E-state index contributed by atoms with van der Waals surface area (Å²) in [5.74, 6) is -1.82. The normalized spacial score (nSPS) is 18.1. The third-order valence-electron chi connectivity index (χ3n) is 3.78. The summed E-state index contributed by atoms with van der Waals surface area (Å²) in [7, 11) is 0. The third kappa shape index (κ3) is 3.32. The number of nitrogens with zero attached hydrogens (tertiary/aromatic N) is 1. The van der Waals surface area contributed by atoms with E-state index in [2.05, 4.69) is 19.2 Å². The number of hydrogen-bond acceptors (Lipinski definition) is 2. The van der Waals surface area contributed by atoms with E-state index in [1.807, 2.05) is 0 Å². The number of carboxylic acid groups (broad SMARTS) is 1. The lowest BCUT2D eigenvalue weighted by Gasteiger charge is -2.27. The molecule has 0 saturated carbocycles. The SMILES string of the molecule is CC(C)C1CCCN1C(=O)Nc1ccc(C(=O)O)c(F)c1. The van der Waals surface area contributed by atoms with Gasteiger partial charge in [-0.2, -0.15) is 0 Å². The minimum atomic E-state index is -1.33. The van der Waals surface area contributed by atoms with Crippen LogP contribution in [0.25, 0.3) is 0 Å². The molecule has 1 unspecified atom stereocenters. The van der Waals surface area contributed by atoms with Crippen LogP contribution in [0.2, 0.25) is 0 Å². The average molecular weight is 294 g/mol. The van der Waals surface area contributed by atoms with Gasteiger partial charge in [-0.15, -0.1) is 0 Å². The second kappa shape index (κ2) is 6.11. The average Bonchev–Trinajstić information content (AvgIpc) is 2.87. The van der Waals surface area contributed by atoms with Gasteiger partial charge in [0.1, 0.15) is 5.82 Å². The molecule has 1 aromatic rings. The molecule has 1 heterocycles. The predicted octanol–water partition coefficient (Wildman–Crippen LogP) is 3.18. The molecule has 114 valence electrons. The standard InChI is InChI=1S/C15H19FN2O3/c1-9(2)13-4-3-7-18(13)15(21)17-10-5-6-11(14(19)20)12(16)8-10/h5-6,8-9,13H,3-4,7H2,1-2H3,(H,17,21)(H,19,20). The van der Waals surface area contributed by atoms with Crippen LogP contribution in [0.1, 0.15) is 37.0 Å². The van der Waals surface area contributed by atoms with E-state index >= 15 is 0 Å². The van der Waals surface area contributed by atoms with Gasteiger partial charge in [0, 0.05) is 18.3 Å². The Morgan fingerprint density at radius 1 is 1.43 bits per heavy atom. The molecule has 6 heteroatoms. The molecule has 1 fully saturated rings. The topological polar surface area (TPSA) is 69.6 Å². The summed E-state index contributed by atoms with van der Waals surface area (Å²) in [6, 6.07) is 3.49. The van der Waals surface area contributed by atoms with E-state index in [0.29, 0.717) is 12.5 Å². The van der Waals surface area contributed by atoms with Crippen molar-refractivity contribution in [3.63, 3.8) is 0 Å². The zero-order chi connectivity index (χ0) is 15.6. The van der Waals surface area contributed by atoms with Crippen LogP contribution in [0.4, 0.5) is 14.9 Å². The molecule has 1 aliphatic heterocycles. The number of amides is 2. The highest BCUT2D eigenvalue weighted by atomic mass is 19.1. The lowest BCUT2D eigenvalue weighted by molar-refractivity contribution is 0.0692. The molecular formula is C15H19FN2O3. The van der Waals surface area contributed by atoms with E-state index in [-0.39, 0.29) is 17.8 Å². The van der Waals surface area contributed by atoms with Gasteiger partial charge in [-0.1, -0.05) is 13.8 Å². The van der Waals surface area contributed by atoms with Gasteiger partial charge in [-0.05, 0) is 37.0 Å². The van der Waals surface area contributed by atoms with Crippen molar-refractivity contribution in [1.82, 2.24) is 4.90 Å². The van der Waals surface area contributed by atoms with Gasteiger partial charge in [0.25, 0.3) is 0 Å². The van der Waals surface area contributed by atoms with E-state index < -0.39 is 17.3 Å². The highest BCUT2D eigenvalue weighted by Crippen LogP contribution is 2.25. The van der Waals surface area contributed by atoms with Crippen LogP contribution in [0, 0.1) is 11.7 Å². The molecule has 5 nitrogen and oxygen atoms in total. The number of carbonyl (C=O) groups excluding carboxylic acids is 1. The number of hydrogen-bond donors (Lipinski definition) is 2. The largest absolute Gasteiger partial charge is 0.478 e. The molecule has 0 spiro atoms. The van der Waals surface area contributed by atoms with Crippen molar-refractivity contribution in [2.45, 2.75) is 32.7 Å². The van der Waals surface area contributed by atoms with Crippen LogP contribution in [0.3, 0.4) is 0 Å². The van der Waals surface area contributed by atoms with Gasteiger partial charge in [0.2, 0.25) is 0 Å². The number of urea groups is 1. The maximum absolute atomic E-state index is 13.6. The second-order valence-electron chi connectivity index (χ2n) is 5.58. The summed E-state index contributed by atoms with van der Waals surface area (Å²) in [5.41, 5.74) is -0.147. The summed E-state index contributed by atoms with van der Waals surface area (Å²) in [6.07, 6.45) is 1.93. The highest BCUT2D eigenvalue weighted by Gasteiger charge is 2.30. The molecule has 2 amide bonds. The first-order chi connectivity index (χ1) is 9.90. The van der Waals surface area contributed by atoms with E-state index in [4.69, 9.17) is 5.11 Å². The van der Waals surface area contributed by atoms with Crippen LogP contribution in [-0.2, 0) is 0 Å². The quantitative estimate of drug-likeness (QED) is 0.899. The first-order valence-corrected chi connectivity index (χ1v) is 7.00. The maximum atomic E-state index is 13.6. The molecule has 0 aliphatic carbocycles. The monoisotopic (exact) mass is 294 g/mol. The molecule has 0 radical (unpaired) electrons. The molecule has 1 atom stereocenters. The Balaban J connectivity index is 2.09. The number of anilines is 1. The Morgan fingerprint density at radius 3 is 2.71 bits per heavy atom. The first-order valence-electron chi connectivity index (χ1n) is 7.00. The van der Waals surface area contributed by atoms with Crippen LogP contribution in [0.5, 0.6) is 0 Å². The number of rotatable bonds is 3. The zero-order valence-corrected chi connectivity index (χ0v) is 12.1. The van der Waals surface area contributed by atoms with Crippen molar-refractivity contribution in [2.24, 2.45) is 5.92 Å². The summed E-state index contributed by atoms with van der Waals surface area (Å²) < 4.78 is 13.6. The van der Waals surface area contributed by atoms with Crippen LogP contribution >= 0.6 is 0 Å². The van der Waals surface area contributed by atoms with Gasteiger partial charge in [0.05, 0.1) is 5.56 Å². The number of carbonyl (C=O) groups is 2. The van der Waals surface area contributed by atoms with Crippen molar-refractivity contribution in [1.29, 1.82) is 0 Å². The van der Waals surface area contributed by atoms with Crippen molar-refractivity contribution < 1.29 is 19.1 Å². The Bertz CT molecular complexity index is 560. The Labute approximate surface area is 122 Å². The molecule has 21 heavy (non-hydrogen) atoms. The number of likely N-dealkylation sites (tertiary alicyclic amines) is 1. The van der Waals surface area contributed by atoms with Gasteiger partial charge >= 0.3 is 12.0 Å². The molecule has 0 aromatic heterocycles. The Kier molecular flexibility index (Phi) is 4.45. The lowest BCUT2D eigenvalue weighted by Crippen LogP contribution is -2.41. The van der Waals surface area contributed by atoms with Crippen molar-refractivity contribution in [3.8, 4) is 0 Å². The number of halogens is 1. The molecular weight excluding hydrogens is 275 g/mol. The zero-order valence-electron chi connectivity index (χ0n) is 12.1. The molecule has 0 bridgehead atoms. The maximum Gasteiger partial charge on any atom is 0.338 e. The molecule has 1 aromatic carbocycles. The third-order valence-corrected chi connectivity index (χ3v) is 3.78. The number of aromatic carboxylic acids is 1. The molecule has 1 saturated heterocycles. The fraction of sp³-hybridized carbons (Fsp3) is 0.467. The van der Waals surface area contributed by atoms with Gasteiger partial charge < -0.3 is 15.3 Å². The predicted molar refractivity (Wildman–Crippen MR) is 76.9 cm³/mol. The van der Waals surface area contributed by atoms with E-state index in [1.165, 1.54) is 6.07 Å². The van der Waals surface area contributed by atoms with E-state index in [9.17, 15) is 14.0 Å². The Hall–Kier alpha value is -2.11. The second-order valence-corrected chi connectivity index (χ2v) is 5.58. The summed E-state index contributed by atoms with van der Waals surface area (Å²) in [5, 5.41) is 11.4. The van der Waals surface area contributed by atoms with Crippen LogP contribution in [-0.4, -0.2) is 34.6 Å². The van der Waals surface area contributed by atoms with Crippen molar-refractivity contribution in [3.05, 3.63) is 29.6 Å². The number of benzene rings is 1. The Morgan fingerprint density at radius 2 is 2.14 bits per heavy atom. The van der Waals surface area contributed by atoms with E-state index in [0.717, 1.165) is 25.0 Å². The number of carboxylic acids is 1. The summed E-state index contributed by atoms with van der Waals surface area (Å²) in [6.45, 7) is 4.82. The summed E-state index contributed by atoms with van der Waals surface area (Å²) in [4.78, 5) is 24.7. The minimum absolute atomic E-state index is 0.188. The number of nitrogens with one attached hydrogen (secondary N) is 1. The molecule has 2 N–H and O–H groups in total. The van der Waals surface area contributed by atoms with Gasteiger partial charge in [-0.25, -0.2) is 14.0 Å². The molecule has 1 aliphatic rings. The van der Waals surface area contributed by atoms with Crippen molar-refractivity contribution >= 4 is 17.7 Å².